The van der Waals surface area contributed by atoms with Gasteiger partial charge in [0.25, 0.3) is 0 Å². The van der Waals surface area contributed by atoms with Gasteiger partial charge in [0.15, 0.2) is 0 Å². The van der Waals surface area contributed by atoms with Gasteiger partial charge in [0, 0.05) is 11.1 Å². The van der Waals surface area contributed by atoms with Gasteiger partial charge >= 0.3 is 0 Å². The summed E-state index contributed by atoms with van der Waals surface area (Å²) in [4.78, 5) is 9.47. The number of thiazole rings is 2. The van der Waals surface area contributed by atoms with Crippen molar-refractivity contribution in [3.05, 3.63) is 72.3 Å². The van der Waals surface area contributed by atoms with Crippen molar-refractivity contribution < 1.29 is 0 Å². The van der Waals surface area contributed by atoms with E-state index in [9.17, 15) is 0 Å². The van der Waals surface area contributed by atoms with Crippen LogP contribution in [0.3, 0.4) is 0 Å². The molecule has 0 atom stereocenters. The molecule has 0 fully saturated rings. The molecule has 26 heavy (non-hydrogen) atoms. The van der Waals surface area contributed by atoms with Crippen LogP contribution in [0.2, 0.25) is 0 Å². The zero-order chi connectivity index (χ0) is 17.5. The molecule has 0 bridgehead atoms. The van der Waals surface area contributed by atoms with Gasteiger partial charge < -0.3 is 0 Å². The van der Waals surface area contributed by atoms with Crippen molar-refractivity contribution in [2.24, 2.45) is 0 Å². The van der Waals surface area contributed by atoms with E-state index in [1.807, 2.05) is 42.5 Å². The number of nitriles is 1. The lowest BCUT2D eigenvalue weighted by Gasteiger charge is -1.99. The zero-order valence-corrected chi connectivity index (χ0v) is 15.1. The molecular weight excluding hydrogens is 358 g/mol. The summed E-state index contributed by atoms with van der Waals surface area (Å²) in [6.45, 7) is 0. The predicted octanol–water partition coefficient (Wildman–Crippen LogP) is 6.11. The second-order valence-corrected chi connectivity index (χ2v) is 7.94. The second kappa shape index (κ2) is 6.03. The van der Waals surface area contributed by atoms with Gasteiger partial charge in [-0.05, 0) is 36.4 Å². The van der Waals surface area contributed by atoms with Gasteiger partial charge in [-0.3, -0.25) is 0 Å². The first kappa shape index (κ1) is 15.2. The normalized spacial score (nSPS) is 11.0. The fourth-order valence-corrected chi connectivity index (χ4v) is 4.81. The molecule has 0 amide bonds. The summed E-state index contributed by atoms with van der Waals surface area (Å²) in [5.74, 6) is 0. The Morgan fingerprint density at radius 3 is 2.12 bits per heavy atom. The van der Waals surface area contributed by atoms with E-state index in [1.165, 1.54) is 4.70 Å². The van der Waals surface area contributed by atoms with Crippen molar-refractivity contribution in [2.75, 3.05) is 0 Å². The highest BCUT2D eigenvalue weighted by atomic mass is 32.1. The van der Waals surface area contributed by atoms with Crippen molar-refractivity contribution in [2.45, 2.75) is 0 Å². The first-order valence-electron chi connectivity index (χ1n) is 8.07. The molecule has 0 aliphatic carbocycles. The molecule has 0 radical (unpaired) electrons. The number of nitrogens with zero attached hydrogens (tertiary/aromatic N) is 3. The summed E-state index contributed by atoms with van der Waals surface area (Å²) in [5.41, 5.74) is 4.70. The number of para-hydroxylation sites is 1. The Hall–Kier alpha value is -3.07. The third-order valence-corrected chi connectivity index (χ3v) is 6.34. The van der Waals surface area contributed by atoms with Crippen LogP contribution in [0.15, 0.2) is 66.7 Å². The van der Waals surface area contributed by atoms with E-state index in [0.717, 1.165) is 36.9 Å². The van der Waals surface area contributed by atoms with Crippen LogP contribution in [0.25, 0.3) is 41.6 Å². The molecule has 5 aromatic rings. The van der Waals surface area contributed by atoms with E-state index in [1.54, 1.807) is 22.7 Å². The SMILES string of the molecule is N#Cc1ccc2sc(-c3cccc(-c4nc5ccccc5s4)c3)nc2c1. The standard InChI is InChI=1S/C21H11N3S2/c22-12-13-8-9-19-17(10-13)24-21(26-19)15-5-3-4-14(11-15)20-23-16-6-1-2-7-18(16)25-20/h1-11H. The molecule has 0 spiro atoms. The Kier molecular flexibility index (Phi) is 3.52. The second-order valence-electron chi connectivity index (χ2n) is 5.88. The van der Waals surface area contributed by atoms with Crippen molar-refractivity contribution in [1.29, 1.82) is 5.26 Å². The van der Waals surface area contributed by atoms with Gasteiger partial charge in [0.05, 0.1) is 32.1 Å². The maximum atomic E-state index is 9.06. The summed E-state index contributed by atoms with van der Waals surface area (Å²) in [5, 5.41) is 11.0. The Morgan fingerprint density at radius 2 is 1.38 bits per heavy atom. The van der Waals surface area contributed by atoms with Crippen molar-refractivity contribution in [3.8, 4) is 27.2 Å². The molecule has 122 valence electrons. The highest BCUT2D eigenvalue weighted by molar-refractivity contribution is 7.22. The molecular formula is C21H11N3S2. The van der Waals surface area contributed by atoms with Gasteiger partial charge in [0.2, 0.25) is 0 Å². The van der Waals surface area contributed by atoms with Gasteiger partial charge in [0.1, 0.15) is 10.0 Å². The van der Waals surface area contributed by atoms with Crippen LogP contribution in [0, 0.1) is 11.3 Å². The van der Waals surface area contributed by atoms with E-state index in [-0.39, 0.29) is 0 Å². The Bertz CT molecular complexity index is 1270. The fraction of sp³-hybridized carbons (Fsp3) is 0. The van der Waals surface area contributed by atoms with Crippen LogP contribution in [0.4, 0.5) is 0 Å². The van der Waals surface area contributed by atoms with Crippen molar-refractivity contribution >= 4 is 43.1 Å². The lowest BCUT2D eigenvalue weighted by Crippen LogP contribution is -1.80. The van der Waals surface area contributed by atoms with Crippen molar-refractivity contribution in [1.82, 2.24) is 9.97 Å². The molecule has 3 nitrogen and oxygen atoms in total. The largest absolute Gasteiger partial charge is 0.236 e. The average Bonchev–Trinajstić information content (AvgIpc) is 3.31. The summed E-state index contributed by atoms with van der Waals surface area (Å²) in [7, 11) is 0. The summed E-state index contributed by atoms with van der Waals surface area (Å²) < 4.78 is 2.28. The lowest BCUT2D eigenvalue weighted by atomic mass is 10.1. The van der Waals surface area contributed by atoms with E-state index in [4.69, 9.17) is 15.2 Å². The maximum absolute atomic E-state index is 9.06. The third-order valence-electron chi connectivity index (χ3n) is 4.17. The topological polar surface area (TPSA) is 49.6 Å². The number of benzene rings is 3. The number of hydrogen-bond donors (Lipinski definition) is 0. The Morgan fingerprint density at radius 1 is 0.692 bits per heavy atom. The minimum absolute atomic E-state index is 0.637. The van der Waals surface area contributed by atoms with E-state index in [2.05, 4.69) is 30.3 Å². The number of aromatic nitrogens is 2. The first-order chi connectivity index (χ1) is 12.8. The highest BCUT2D eigenvalue weighted by Gasteiger charge is 2.10. The number of rotatable bonds is 2. The molecule has 0 N–H and O–H groups in total. The summed E-state index contributed by atoms with van der Waals surface area (Å²) in [6, 6.07) is 24.3. The van der Waals surface area contributed by atoms with Crippen molar-refractivity contribution in [3.63, 3.8) is 0 Å². The molecule has 5 rings (SSSR count). The van der Waals surface area contributed by atoms with Crippen LogP contribution in [0.1, 0.15) is 5.56 Å². The molecule has 0 aliphatic rings. The highest BCUT2D eigenvalue weighted by Crippen LogP contribution is 2.35. The number of hydrogen-bond acceptors (Lipinski definition) is 5. The number of fused-ring (bicyclic) bond motifs is 2. The predicted molar refractivity (Wildman–Crippen MR) is 108 cm³/mol. The van der Waals surface area contributed by atoms with E-state index in [0.29, 0.717) is 5.56 Å². The molecule has 0 saturated carbocycles. The van der Waals surface area contributed by atoms with Gasteiger partial charge in [-0.1, -0.05) is 30.3 Å². The monoisotopic (exact) mass is 369 g/mol. The molecule has 2 heterocycles. The van der Waals surface area contributed by atoms with Gasteiger partial charge in [-0.25, -0.2) is 9.97 Å². The van der Waals surface area contributed by atoms with Gasteiger partial charge in [-0.2, -0.15) is 5.26 Å². The molecule has 0 aliphatic heterocycles. The van der Waals surface area contributed by atoms with Crippen LogP contribution in [0.5, 0.6) is 0 Å². The average molecular weight is 369 g/mol. The minimum atomic E-state index is 0.637. The van der Waals surface area contributed by atoms with E-state index < -0.39 is 0 Å². The minimum Gasteiger partial charge on any atom is -0.236 e. The van der Waals surface area contributed by atoms with Crippen LogP contribution in [-0.2, 0) is 0 Å². The molecule has 5 heteroatoms. The first-order valence-corrected chi connectivity index (χ1v) is 9.70. The van der Waals surface area contributed by atoms with Gasteiger partial charge in [-0.15, -0.1) is 22.7 Å². The van der Waals surface area contributed by atoms with Crippen LogP contribution in [-0.4, -0.2) is 9.97 Å². The third kappa shape index (κ3) is 2.57. The fourth-order valence-electron chi connectivity index (χ4n) is 2.90. The maximum Gasteiger partial charge on any atom is 0.124 e. The lowest BCUT2D eigenvalue weighted by molar-refractivity contribution is 1.44. The van der Waals surface area contributed by atoms with Crippen LogP contribution < -0.4 is 0 Å². The Balaban J connectivity index is 1.60. The van der Waals surface area contributed by atoms with Crippen LogP contribution >= 0.6 is 22.7 Å². The quantitative estimate of drug-likeness (QED) is 0.377. The smallest absolute Gasteiger partial charge is 0.124 e. The molecule has 3 aromatic carbocycles. The summed E-state index contributed by atoms with van der Waals surface area (Å²) in [6.07, 6.45) is 0. The molecule has 0 saturated heterocycles. The molecule has 0 unspecified atom stereocenters. The van der Waals surface area contributed by atoms with E-state index >= 15 is 0 Å². The zero-order valence-electron chi connectivity index (χ0n) is 13.5. The molecule has 2 aromatic heterocycles. The summed E-state index contributed by atoms with van der Waals surface area (Å²) >= 11 is 3.34. The Labute approximate surface area is 157 Å².